The van der Waals surface area contributed by atoms with Gasteiger partial charge >= 0.3 is 0 Å². The third kappa shape index (κ3) is 1.71. The summed E-state index contributed by atoms with van der Waals surface area (Å²) in [6, 6.07) is 1.95. The fourth-order valence-electron chi connectivity index (χ4n) is 1.26. The van der Waals surface area contributed by atoms with Gasteiger partial charge in [0.15, 0.2) is 10.8 Å². The van der Waals surface area contributed by atoms with Crippen molar-refractivity contribution < 1.29 is 4.42 Å². The molecule has 0 aliphatic rings. The van der Waals surface area contributed by atoms with Crippen molar-refractivity contribution in [2.45, 2.75) is 13.5 Å². The molecule has 74 valence electrons. The number of furan rings is 1. The Morgan fingerprint density at radius 3 is 3.07 bits per heavy atom. The van der Waals surface area contributed by atoms with Gasteiger partial charge in [-0.05, 0) is 25.6 Å². The van der Waals surface area contributed by atoms with E-state index in [0.29, 0.717) is 0 Å². The molecule has 0 saturated heterocycles. The first-order valence-corrected chi connectivity index (χ1v) is 5.26. The van der Waals surface area contributed by atoms with E-state index in [1.54, 1.807) is 17.6 Å². The molecule has 0 saturated carbocycles. The Morgan fingerprint density at radius 1 is 1.57 bits per heavy atom. The van der Waals surface area contributed by atoms with Gasteiger partial charge in [-0.25, -0.2) is 4.98 Å². The Hall–Kier alpha value is -1.13. The number of rotatable bonds is 3. The van der Waals surface area contributed by atoms with Crippen LogP contribution >= 0.6 is 11.3 Å². The highest BCUT2D eigenvalue weighted by Crippen LogP contribution is 2.28. The number of nitrogens with zero attached hydrogens (tertiary/aromatic N) is 1. The molecule has 0 amide bonds. The van der Waals surface area contributed by atoms with Crippen molar-refractivity contribution in [1.82, 2.24) is 10.3 Å². The zero-order valence-corrected chi connectivity index (χ0v) is 9.02. The van der Waals surface area contributed by atoms with Crippen LogP contribution < -0.4 is 5.32 Å². The summed E-state index contributed by atoms with van der Waals surface area (Å²) in [5.41, 5.74) is 1.13. The molecule has 4 heteroatoms. The number of hydrogen-bond donors (Lipinski definition) is 1. The molecule has 3 nitrogen and oxygen atoms in total. The molecular weight excluding hydrogens is 196 g/mol. The highest BCUT2D eigenvalue weighted by molar-refractivity contribution is 7.14. The van der Waals surface area contributed by atoms with Crippen molar-refractivity contribution >= 4 is 11.3 Å². The predicted octanol–water partition coefficient (Wildman–Crippen LogP) is 2.43. The van der Waals surface area contributed by atoms with Crippen LogP contribution in [0.1, 0.15) is 10.4 Å². The average Bonchev–Trinajstić information content (AvgIpc) is 2.74. The maximum atomic E-state index is 5.37. The van der Waals surface area contributed by atoms with Gasteiger partial charge in [0.1, 0.15) is 0 Å². The van der Waals surface area contributed by atoms with E-state index in [-0.39, 0.29) is 0 Å². The van der Waals surface area contributed by atoms with Crippen molar-refractivity contribution in [1.29, 1.82) is 0 Å². The molecule has 2 heterocycles. The average molecular weight is 208 g/mol. The summed E-state index contributed by atoms with van der Waals surface area (Å²) in [5.74, 6) is 0.886. The lowest BCUT2D eigenvalue weighted by molar-refractivity contribution is 0.580. The fourth-order valence-corrected chi connectivity index (χ4v) is 2.24. The van der Waals surface area contributed by atoms with Crippen molar-refractivity contribution in [3.8, 4) is 10.8 Å². The minimum absolute atomic E-state index is 0.859. The topological polar surface area (TPSA) is 38.1 Å². The quantitative estimate of drug-likeness (QED) is 0.841. The highest BCUT2D eigenvalue weighted by Gasteiger charge is 2.09. The largest absolute Gasteiger partial charge is 0.462 e. The molecule has 2 aromatic heterocycles. The second kappa shape index (κ2) is 3.94. The molecule has 0 aliphatic carbocycles. The molecule has 2 rings (SSSR count). The van der Waals surface area contributed by atoms with Gasteiger partial charge in [0, 0.05) is 17.6 Å². The van der Waals surface area contributed by atoms with Gasteiger partial charge in [0.25, 0.3) is 0 Å². The number of aryl methyl sites for hydroxylation is 1. The number of aromatic nitrogens is 1. The van der Waals surface area contributed by atoms with E-state index >= 15 is 0 Å². The zero-order chi connectivity index (χ0) is 9.97. The molecule has 0 atom stereocenters. The van der Waals surface area contributed by atoms with Crippen LogP contribution in [0.2, 0.25) is 0 Å². The minimum atomic E-state index is 0.859. The highest BCUT2D eigenvalue weighted by atomic mass is 32.1. The van der Waals surface area contributed by atoms with Crippen LogP contribution in [0.4, 0.5) is 0 Å². The summed E-state index contributed by atoms with van der Waals surface area (Å²) in [5, 5.41) is 4.05. The van der Waals surface area contributed by atoms with Gasteiger partial charge in [-0.2, -0.15) is 0 Å². The first-order chi connectivity index (χ1) is 6.81. The van der Waals surface area contributed by atoms with E-state index in [4.69, 9.17) is 4.42 Å². The Kier molecular flexibility index (Phi) is 2.65. The summed E-state index contributed by atoms with van der Waals surface area (Å²) < 4.78 is 5.37. The molecule has 1 N–H and O–H groups in total. The standard InChI is InChI=1S/C10H12N2OS/c1-7-3-4-13-9(7)10-12-6-8(14-10)5-11-2/h3-4,6,11H,5H2,1-2H3. The van der Waals surface area contributed by atoms with Crippen LogP contribution in [-0.4, -0.2) is 12.0 Å². The maximum absolute atomic E-state index is 5.37. The van der Waals surface area contributed by atoms with Crippen molar-refractivity contribution in [3.05, 3.63) is 29.0 Å². The second-order valence-corrected chi connectivity index (χ2v) is 4.21. The number of nitrogens with one attached hydrogen (secondary N) is 1. The van der Waals surface area contributed by atoms with Crippen LogP contribution in [0.3, 0.4) is 0 Å². The third-order valence-electron chi connectivity index (χ3n) is 1.96. The molecule has 0 bridgehead atoms. The Balaban J connectivity index is 2.29. The fraction of sp³-hybridized carbons (Fsp3) is 0.300. The summed E-state index contributed by atoms with van der Waals surface area (Å²) in [7, 11) is 1.93. The zero-order valence-electron chi connectivity index (χ0n) is 8.20. The monoisotopic (exact) mass is 208 g/mol. The summed E-state index contributed by atoms with van der Waals surface area (Å²) in [6.45, 7) is 2.88. The minimum Gasteiger partial charge on any atom is -0.462 e. The van der Waals surface area contributed by atoms with Crippen LogP contribution in [-0.2, 0) is 6.54 Å². The molecule has 0 aromatic carbocycles. The van der Waals surface area contributed by atoms with Gasteiger partial charge in [-0.1, -0.05) is 0 Å². The van der Waals surface area contributed by atoms with E-state index in [1.807, 2.05) is 26.2 Å². The molecule has 14 heavy (non-hydrogen) atoms. The molecule has 0 radical (unpaired) electrons. The van der Waals surface area contributed by atoms with E-state index < -0.39 is 0 Å². The van der Waals surface area contributed by atoms with Crippen molar-refractivity contribution in [2.24, 2.45) is 0 Å². The van der Waals surface area contributed by atoms with Gasteiger partial charge in [0.05, 0.1) is 6.26 Å². The van der Waals surface area contributed by atoms with Gasteiger partial charge in [0.2, 0.25) is 0 Å². The molecule has 0 unspecified atom stereocenters. The predicted molar refractivity (Wildman–Crippen MR) is 57.3 cm³/mol. The van der Waals surface area contributed by atoms with Crippen LogP contribution in [0.5, 0.6) is 0 Å². The molecule has 0 aliphatic heterocycles. The molecular formula is C10H12N2OS. The van der Waals surface area contributed by atoms with Gasteiger partial charge < -0.3 is 9.73 Å². The lowest BCUT2D eigenvalue weighted by atomic mass is 10.3. The van der Waals surface area contributed by atoms with E-state index in [0.717, 1.165) is 22.9 Å². The number of thiazole rings is 1. The molecule has 0 spiro atoms. The van der Waals surface area contributed by atoms with E-state index in [2.05, 4.69) is 10.3 Å². The van der Waals surface area contributed by atoms with Crippen molar-refractivity contribution in [3.63, 3.8) is 0 Å². The van der Waals surface area contributed by atoms with Gasteiger partial charge in [-0.15, -0.1) is 11.3 Å². The van der Waals surface area contributed by atoms with Crippen molar-refractivity contribution in [2.75, 3.05) is 7.05 Å². The first-order valence-electron chi connectivity index (χ1n) is 4.45. The summed E-state index contributed by atoms with van der Waals surface area (Å²) >= 11 is 1.66. The Labute approximate surface area is 86.8 Å². The SMILES string of the molecule is CNCc1cnc(-c2occc2C)s1. The van der Waals surface area contributed by atoms with E-state index in [9.17, 15) is 0 Å². The maximum Gasteiger partial charge on any atom is 0.165 e. The summed E-state index contributed by atoms with van der Waals surface area (Å²) in [6.07, 6.45) is 3.59. The normalized spacial score (nSPS) is 10.7. The van der Waals surface area contributed by atoms with Crippen LogP contribution in [0.25, 0.3) is 10.8 Å². The van der Waals surface area contributed by atoms with Gasteiger partial charge in [-0.3, -0.25) is 0 Å². The third-order valence-corrected chi connectivity index (χ3v) is 2.96. The lowest BCUT2D eigenvalue weighted by Crippen LogP contribution is -2.02. The number of hydrogen-bond acceptors (Lipinski definition) is 4. The first kappa shape index (κ1) is 9.43. The molecule has 0 fully saturated rings. The lowest BCUT2D eigenvalue weighted by Gasteiger charge is -1.92. The second-order valence-electron chi connectivity index (χ2n) is 3.09. The Morgan fingerprint density at radius 2 is 2.43 bits per heavy atom. The summed E-state index contributed by atoms with van der Waals surface area (Å²) in [4.78, 5) is 5.54. The Bertz CT molecular complexity index is 419. The van der Waals surface area contributed by atoms with E-state index in [1.165, 1.54) is 4.88 Å². The van der Waals surface area contributed by atoms with Crippen LogP contribution in [0.15, 0.2) is 22.9 Å². The molecule has 2 aromatic rings. The smallest absolute Gasteiger partial charge is 0.165 e. The van der Waals surface area contributed by atoms with Crippen LogP contribution in [0, 0.1) is 6.92 Å².